The first-order valence-electron chi connectivity index (χ1n) is 22.7. The van der Waals surface area contributed by atoms with E-state index >= 15 is 0 Å². The molecule has 1 aliphatic rings. The molecule has 60 heavy (non-hydrogen) atoms. The maximum Gasteiger partial charge on any atom is 0.306 e. The highest BCUT2D eigenvalue weighted by Crippen LogP contribution is 2.39. The summed E-state index contributed by atoms with van der Waals surface area (Å²) >= 11 is 0. The number of allylic oxidation sites excluding steroid dienone is 2. The van der Waals surface area contributed by atoms with E-state index < -0.39 is 50.8 Å². The number of furan rings is 1. The Labute approximate surface area is 361 Å². The van der Waals surface area contributed by atoms with Crippen molar-refractivity contribution in [3.05, 3.63) is 47.0 Å². The summed E-state index contributed by atoms with van der Waals surface area (Å²) in [5, 5.41) is 31.4. The predicted octanol–water partition coefficient (Wildman–Crippen LogP) is 7.76. The van der Waals surface area contributed by atoms with Gasteiger partial charge in [0.1, 0.15) is 31.3 Å². The highest BCUT2D eigenvalue weighted by atomic mass is 31.2. The van der Waals surface area contributed by atoms with Crippen molar-refractivity contribution in [3.8, 4) is 0 Å². The van der Waals surface area contributed by atoms with Crippen LogP contribution in [0.1, 0.15) is 146 Å². The summed E-state index contributed by atoms with van der Waals surface area (Å²) in [5.74, 6) is 0.707. The van der Waals surface area contributed by atoms with Gasteiger partial charge in [-0.3, -0.25) is 14.2 Å². The number of carbonyl (C=O) groups is 2. The van der Waals surface area contributed by atoms with Crippen LogP contribution in [0.25, 0.3) is 0 Å². The quantitative estimate of drug-likeness (QED) is 0.0205. The molecule has 1 aromatic rings. The van der Waals surface area contributed by atoms with Crippen molar-refractivity contribution in [2.75, 3.05) is 47.5 Å². The van der Waals surface area contributed by atoms with Gasteiger partial charge in [0.25, 0.3) is 7.82 Å². The molecule has 346 valence electrons. The van der Waals surface area contributed by atoms with Crippen LogP contribution in [-0.4, -0.2) is 104 Å². The van der Waals surface area contributed by atoms with Gasteiger partial charge in [-0.2, -0.15) is 0 Å². The second-order valence-electron chi connectivity index (χ2n) is 17.6. The molecule has 1 fully saturated rings. The number of quaternary nitrogens is 1. The second kappa shape index (κ2) is 29.1. The number of aryl methyl sites for hydroxylation is 2. The van der Waals surface area contributed by atoms with E-state index in [1.165, 1.54) is 11.1 Å². The summed E-state index contributed by atoms with van der Waals surface area (Å²) in [6, 6.07) is 0. The lowest BCUT2D eigenvalue weighted by Crippen LogP contribution is -2.37. The summed E-state index contributed by atoms with van der Waals surface area (Å²) in [7, 11) is 0.988. The summed E-state index contributed by atoms with van der Waals surface area (Å²) in [4.78, 5) is 37.9. The minimum atomic E-state index is -4.71. The van der Waals surface area contributed by atoms with Gasteiger partial charge in [0.05, 0.1) is 46.1 Å². The van der Waals surface area contributed by atoms with E-state index in [1.807, 2.05) is 39.4 Å². The number of carbonyl (C=O) groups excluding carboxylic acids is 2. The molecule has 7 atom stereocenters. The Morgan fingerprint density at radius 2 is 1.52 bits per heavy atom. The number of likely N-dealkylation sites (N-methyl/N-ethyl adjacent to an activating group) is 1. The van der Waals surface area contributed by atoms with Crippen LogP contribution in [0.2, 0.25) is 0 Å². The molecule has 1 aliphatic carbocycles. The number of aliphatic hydroxyl groups is 3. The zero-order chi connectivity index (χ0) is 44.6. The number of aliphatic hydroxyl groups excluding tert-OH is 3. The van der Waals surface area contributed by atoms with Crippen molar-refractivity contribution in [2.45, 2.75) is 174 Å². The van der Waals surface area contributed by atoms with Crippen molar-refractivity contribution in [1.29, 1.82) is 0 Å². The lowest BCUT2D eigenvalue weighted by atomic mass is 9.89. The molecule has 0 aromatic carbocycles. The molecule has 1 heterocycles. The maximum atomic E-state index is 12.8. The Morgan fingerprint density at radius 1 is 0.850 bits per heavy atom. The van der Waals surface area contributed by atoms with Crippen LogP contribution in [0.5, 0.6) is 0 Å². The van der Waals surface area contributed by atoms with Gasteiger partial charge in [0.2, 0.25) is 0 Å². The zero-order valence-corrected chi connectivity index (χ0v) is 38.8. The molecule has 13 nitrogen and oxygen atoms in total. The van der Waals surface area contributed by atoms with Crippen LogP contribution < -0.4 is 4.89 Å². The molecule has 0 bridgehead atoms. The normalized spacial score (nSPS) is 20.5. The third kappa shape index (κ3) is 22.7. The first-order valence-corrected chi connectivity index (χ1v) is 24.1. The van der Waals surface area contributed by atoms with Gasteiger partial charge in [-0.15, -0.1) is 0 Å². The summed E-state index contributed by atoms with van der Waals surface area (Å²) in [5.41, 5.74) is 2.54. The minimum Gasteiger partial charge on any atom is -0.756 e. The van der Waals surface area contributed by atoms with E-state index in [4.69, 9.17) is 22.9 Å². The number of phosphoric ester groups is 1. The summed E-state index contributed by atoms with van der Waals surface area (Å²) in [6.45, 7) is 7.97. The molecule has 1 aromatic heterocycles. The predicted molar refractivity (Wildman–Crippen MR) is 232 cm³/mol. The minimum absolute atomic E-state index is 0.0382. The average Bonchev–Trinajstić information content (AvgIpc) is 3.60. The fraction of sp³-hybridized carbons (Fsp3) is 0.783. The molecular weight excluding hydrogens is 789 g/mol. The van der Waals surface area contributed by atoms with Gasteiger partial charge >= 0.3 is 11.9 Å². The molecule has 1 saturated carbocycles. The largest absolute Gasteiger partial charge is 0.756 e. The molecule has 14 heteroatoms. The number of hydrogen-bond acceptors (Lipinski definition) is 12. The average molecular weight is 870 g/mol. The van der Waals surface area contributed by atoms with Gasteiger partial charge < -0.3 is 47.6 Å². The first-order chi connectivity index (χ1) is 28.5. The SMILES string of the molecule is CCCCC[C@H](O)/C=C/[C@@H]1[C@@H](C/C=C/CCCC(=O)O[C@H](COC(=O)CCCCCCCCc2oc(CCC)c(C)c2C)COP(=O)([O-])OCC[N+](C)(C)C)[C@@H](O)C[C@H]1O. The van der Waals surface area contributed by atoms with Gasteiger partial charge in [0, 0.05) is 38.0 Å². The fourth-order valence-electron chi connectivity index (χ4n) is 7.34. The van der Waals surface area contributed by atoms with E-state index in [1.54, 1.807) is 6.08 Å². The van der Waals surface area contributed by atoms with E-state index in [-0.39, 0.29) is 44.3 Å². The number of rotatable bonds is 33. The van der Waals surface area contributed by atoms with Crippen LogP contribution >= 0.6 is 7.82 Å². The molecule has 3 N–H and O–H groups in total. The van der Waals surface area contributed by atoms with Crippen molar-refractivity contribution in [3.63, 3.8) is 0 Å². The number of ether oxygens (including phenoxy) is 2. The monoisotopic (exact) mass is 870 g/mol. The molecule has 0 spiro atoms. The Kier molecular flexibility index (Phi) is 26.1. The molecule has 0 aliphatic heterocycles. The Morgan fingerprint density at radius 3 is 2.20 bits per heavy atom. The van der Waals surface area contributed by atoms with Gasteiger partial charge in [0.15, 0.2) is 6.10 Å². The summed E-state index contributed by atoms with van der Waals surface area (Å²) < 4.78 is 40.0. The van der Waals surface area contributed by atoms with Crippen molar-refractivity contribution >= 4 is 19.8 Å². The smallest absolute Gasteiger partial charge is 0.306 e. The zero-order valence-electron chi connectivity index (χ0n) is 37.9. The van der Waals surface area contributed by atoms with Crippen LogP contribution in [0, 0.1) is 25.7 Å². The number of esters is 2. The number of hydrogen-bond donors (Lipinski definition) is 3. The third-order valence-electron chi connectivity index (χ3n) is 11.2. The van der Waals surface area contributed by atoms with Gasteiger partial charge in [-0.05, 0) is 75.8 Å². The van der Waals surface area contributed by atoms with Gasteiger partial charge in [-0.25, -0.2) is 0 Å². The number of phosphoric acid groups is 1. The number of unbranched alkanes of at least 4 members (excludes halogenated alkanes) is 8. The maximum absolute atomic E-state index is 12.8. The van der Waals surface area contributed by atoms with Crippen LogP contribution in [0.4, 0.5) is 0 Å². The Bertz CT molecular complexity index is 1470. The van der Waals surface area contributed by atoms with E-state index in [0.717, 1.165) is 82.1 Å². The topological polar surface area (TPSA) is 185 Å². The standard InChI is InChI=1S/C46H80NO12P/c1-8-10-17-23-37(48)28-29-40-39(41(49)32-42(40)50)24-18-15-16-21-27-46(52)58-38(34-57-60(53,54)56-31-30-47(5,6)7)33-55-45(51)26-20-14-12-11-13-19-25-44-36(4)35(3)43(59-44)22-9-2/h15,18,28-29,37-42,48-50H,8-14,16-17,19-27,30-34H2,1-7H3/b18-15+,29-28+/t37-,38+,39+,40+,41-,42+/m0/s1. The van der Waals surface area contributed by atoms with Crippen LogP contribution in [0.3, 0.4) is 0 Å². The highest BCUT2D eigenvalue weighted by Gasteiger charge is 2.39. The Balaban J connectivity index is 1.79. The molecule has 1 unspecified atom stereocenters. The Hall–Kier alpha value is -2.35. The second-order valence-corrected chi connectivity index (χ2v) is 19.0. The lowest BCUT2D eigenvalue weighted by molar-refractivity contribution is -0.870. The fourth-order valence-corrected chi connectivity index (χ4v) is 8.07. The molecule has 2 rings (SSSR count). The highest BCUT2D eigenvalue weighted by molar-refractivity contribution is 7.45. The first kappa shape index (κ1) is 53.8. The summed E-state index contributed by atoms with van der Waals surface area (Å²) in [6.07, 6.45) is 18.8. The van der Waals surface area contributed by atoms with Gasteiger partial charge in [-0.1, -0.05) is 83.1 Å². The van der Waals surface area contributed by atoms with E-state index in [0.29, 0.717) is 43.1 Å². The molecule has 0 amide bonds. The third-order valence-corrected chi connectivity index (χ3v) is 12.2. The lowest BCUT2D eigenvalue weighted by Gasteiger charge is -2.28. The van der Waals surface area contributed by atoms with Crippen LogP contribution in [0.15, 0.2) is 28.7 Å². The van der Waals surface area contributed by atoms with Crippen molar-refractivity contribution in [2.24, 2.45) is 11.8 Å². The molecular formula is C46H80NO12P. The van der Waals surface area contributed by atoms with Crippen molar-refractivity contribution < 1.29 is 61.8 Å². The molecule has 0 radical (unpaired) electrons. The van der Waals surface area contributed by atoms with E-state index in [2.05, 4.69) is 27.7 Å². The molecule has 0 saturated heterocycles. The number of nitrogens with zero attached hydrogens (tertiary/aromatic N) is 1. The van der Waals surface area contributed by atoms with Crippen LogP contribution in [-0.2, 0) is 45.5 Å². The van der Waals surface area contributed by atoms with Crippen molar-refractivity contribution in [1.82, 2.24) is 0 Å². The van der Waals surface area contributed by atoms with E-state index in [9.17, 15) is 34.4 Å².